The molecule has 0 aliphatic carbocycles. The highest BCUT2D eigenvalue weighted by Gasteiger charge is 2.15. The minimum absolute atomic E-state index is 0.122. The Morgan fingerprint density at radius 2 is 1.86 bits per heavy atom. The topological polar surface area (TPSA) is 38.3 Å². The second kappa shape index (κ2) is 10.1. The summed E-state index contributed by atoms with van der Waals surface area (Å²) < 4.78 is 5.89. The molecule has 0 radical (unpaired) electrons. The van der Waals surface area contributed by atoms with Gasteiger partial charge in [0.15, 0.2) is 6.10 Å². The SMILES string of the molecule is C[C@H](Oc1cccc2ccccc12)C(=O)NCCSCc1ccc(Cl)c(Cl)c1. The first-order chi connectivity index (χ1) is 13.5. The molecule has 3 aromatic rings. The molecule has 1 atom stereocenters. The molecule has 146 valence electrons. The van der Waals surface area contributed by atoms with Crippen LogP contribution < -0.4 is 10.1 Å². The Morgan fingerprint density at radius 3 is 2.68 bits per heavy atom. The van der Waals surface area contributed by atoms with Crippen molar-refractivity contribution >= 4 is 51.6 Å². The minimum atomic E-state index is -0.564. The van der Waals surface area contributed by atoms with Crippen LogP contribution in [0.15, 0.2) is 60.7 Å². The van der Waals surface area contributed by atoms with Crippen LogP contribution in [0.5, 0.6) is 5.75 Å². The van der Waals surface area contributed by atoms with Gasteiger partial charge in [0.05, 0.1) is 10.0 Å². The van der Waals surface area contributed by atoms with Crippen molar-refractivity contribution in [2.75, 3.05) is 12.3 Å². The fraction of sp³-hybridized carbons (Fsp3) is 0.227. The summed E-state index contributed by atoms with van der Waals surface area (Å²) >= 11 is 13.7. The molecule has 28 heavy (non-hydrogen) atoms. The van der Waals surface area contributed by atoms with E-state index in [2.05, 4.69) is 5.32 Å². The molecule has 0 saturated carbocycles. The minimum Gasteiger partial charge on any atom is -0.480 e. The van der Waals surface area contributed by atoms with Crippen LogP contribution in [-0.2, 0) is 10.5 Å². The summed E-state index contributed by atoms with van der Waals surface area (Å²) in [4.78, 5) is 12.3. The number of hydrogen-bond acceptors (Lipinski definition) is 3. The highest BCUT2D eigenvalue weighted by atomic mass is 35.5. The molecule has 0 unspecified atom stereocenters. The maximum Gasteiger partial charge on any atom is 0.260 e. The predicted molar refractivity (Wildman–Crippen MR) is 120 cm³/mol. The zero-order chi connectivity index (χ0) is 19.9. The number of amides is 1. The predicted octanol–water partition coefficient (Wildman–Crippen LogP) is 5.96. The molecular formula is C22H21Cl2NO2S. The van der Waals surface area contributed by atoms with Gasteiger partial charge in [-0.15, -0.1) is 0 Å². The van der Waals surface area contributed by atoms with Gasteiger partial charge in [0.1, 0.15) is 5.75 Å². The first kappa shape index (κ1) is 20.8. The van der Waals surface area contributed by atoms with E-state index in [1.54, 1.807) is 24.8 Å². The lowest BCUT2D eigenvalue weighted by Gasteiger charge is -2.16. The van der Waals surface area contributed by atoms with E-state index in [1.807, 2.05) is 54.6 Å². The Hall–Kier alpha value is -1.88. The molecule has 0 bridgehead atoms. The number of thioether (sulfide) groups is 1. The van der Waals surface area contributed by atoms with Crippen LogP contribution in [0.1, 0.15) is 12.5 Å². The fourth-order valence-electron chi connectivity index (χ4n) is 2.75. The number of carbonyl (C=O) groups is 1. The lowest BCUT2D eigenvalue weighted by Crippen LogP contribution is -2.37. The second-order valence-corrected chi connectivity index (χ2v) is 8.25. The van der Waals surface area contributed by atoms with Gasteiger partial charge in [-0.25, -0.2) is 0 Å². The van der Waals surface area contributed by atoms with E-state index in [9.17, 15) is 4.79 Å². The van der Waals surface area contributed by atoms with Crippen LogP contribution in [0.25, 0.3) is 10.8 Å². The number of rotatable bonds is 8. The molecule has 3 nitrogen and oxygen atoms in total. The van der Waals surface area contributed by atoms with E-state index >= 15 is 0 Å². The number of carbonyl (C=O) groups excluding carboxylic acids is 1. The molecule has 1 amide bonds. The van der Waals surface area contributed by atoms with Crippen LogP contribution in [0.2, 0.25) is 10.0 Å². The van der Waals surface area contributed by atoms with Gasteiger partial charge in [-0.1, -0.05) is 65.7 Å². The van der Waals surface area contributed by atoms with Gasteiger partial charge in [0.25, 0.3) is 5.91 Å². The highest BCUT2D eigenvalue weighted by Crippen LogP contribution is 2.26. The number of fused-ring (bicyclic) bond motifs is 1. The third-order valence-electron chi connectivity index (χ3n) is 4.22. The standard InChI is InChI=1S/C22H21Cl2NO2S/c1-15(27-21-8-4-6-17-5-2-3-7-18(17)21)22(26)25-11-12-28-14-16-9-10-19(23)20(24)13-16/h2-10,13,15H,11-12,14H2,1H3,(H,25,26)/t15-/m0/s1. The monoisotopic (exact) mass is 433 g/mol. The van der Waals surface area contributed by atoms with Gasteiger partial charge in [-0.2, -0.15) is 11.8 Å². The summed E-state index contributed by atoms with van der Waals surface area (Å²) in [6.07, 6.45) is -0.564. The molecule has 0 fully saturated rings. The number of halogens is 2. The molecule has 1 N–H and O–H groups in total. The zero-order valence-electron chi connectivity index (χ0n) is 15.5. The Morgan fingerprint density at radius 1 is 1.07 bits per heavy atom. The molecule has 0 aliphatic heterocycles. The van der Waals surface area contributed by atoms with E-state index < -0.39 is 6.10 Å². The third-order valence-corrected chi connectivity index (χ3v) is 5.99. The van der Waals surface area contributed by atoms with Gasteiger partial charge >= 0.3 is 0 Å². The van der Waals surface area contributed by atoms with Crippen LogP contribution in [0.4, 0.5) is 0 Å². The lowest BCUT2D eigenvalue weighted by molar-refractivity contribution is -0.127. The van der Waals surface area contributed by atoms with Crippen molar-refractivity contribution in [2.45, 2.75) is 18.8 Å². The Bertz CT molecular complexity index is 959. The van der Waals surface area contributed by atoms with Crippen molar-refractivity contribution in [3.8, 4) is 5.75 Å². The van der Waals surface area contributed by atoms with Gasteiger partial charge in [-0.3, -0.25) is 4.79 Å². The van der Waals surface area contributed by atoms with Crippen molar-refractivity contribution in [2.24, 2.45) is 0 Å². The quantitative estimate of drug-likeness (QED) is 0.445. The van der Waals surface area contributed by atoms with Gasteiger partial charge in [-0.05, 0) is 36.1 Å². The molecule has 0 heterocycles. The Kier molecular flexibility index (Phi) is 7.49. The fourth-order valence-corrected chi connectivity index (χ4v) is 3.88. The molecular weight excluding hydrogens is 413 g/mol. The van der Waals surface area contributed by atoms with Crippen molar-refractivity contribution in [3.63, 3.8) is 0 Å². The van der Waals surface area contributed by atoms with E-state index in [4.69, 9.17) is 27.9 Å². The summed E-state index contributed by atoms with van der Waals surface area (Å²) in [6.45, 7) is 2.34. The first-order valence-electron chi connectivity index (χ1n) is 8.98. The largest absolute Gasteiger partial charge is 0.480 e. The Balaban J connectivity index is 1.43. The molecule has 0 spiro atoms. The van der Waals surface area contributed by atoms with Crippen LogP contribution in [0.3, 0.4) is 0 Å². The average Bonchev–Trinajstić information content (AvgIpc) is 2.70. The Labute approximate surface area is 179 Å². The number of ether oxygens (including phenoxy) is 1. The maximum absolute atomic E-state index is 12.3. The van der Waals surface area contributed by atoms with E-state index in [1.165, 1.54) is 0 Å². The van der Waals surface area contributed by atoms with Crippen LogP contribution in [0, 0.1) is 0 Å². The molecule has 0 aromatic heterocycles. The van der Waals surface area contributed by atoms with Gasteiger partial charge in [0.2, 0.25) is 0 Å². The molecule has 6 heteroatoms. The summed E-state index contributed by atoms with van der Waals surface area (Å²) in [5, 5.41) is 6.14. The average molecular weight is 434 g/mol. The zero-order valence-corrected chi connectivity index (χ0v) is 17.8. The molecule has 3 rings (SSSR count). The summed E-state index contributed by atoms with van der Waals surface area (Å²) in [5.41, 5.74) is 1.11. The van der Waals surface area contributed by atoms with E-state index in [0.717, 1.165) is 33.6 Å². The van der Waals surface area contributed by atoms with Gasteiger partial charge in [0, 0.05) is 23.4 Å². The number of nitrogens with one attached hydrogen (secondary N) is 1. The van der Waals surface area contributed by atoms with Crippen molar-refractivity contribution in [3.05, 3.63) is 76.3 Å². The third kappa shape index (κ3) is 5.57. The molecule has 3 aromatic carbocycles. The normalized spacial score (nSPS) is 12.0. The second-order valence-electron chi connectivity index (χ2n) is 6.33. The number of benzene rings is 3. The van der Waals surface area contributed by atoms with Crippen molar-refractivity contribution < 1.29 is 9.53 Å². The lowest BCUT2D eigenvalue weighted by atomic mass is 10.1. The summed E-state index contributed by atoms with van der Waals surface area (Å²) in [7, 11) is 0. The molecule has 0 aliphatic rings. The van der Waals surface area contributed by atoms with Crippen molar-refractivity contribution in [1.29, 1.82) is 0 Å². The first-order valence-corrected chi connectivity index (χ1v) is 10.9. The maximum atomic E-state index is 12.3. The smallest absolute Gasteiger partial charge is 0.260 e. The van der Waals surface area contributed by atoms with Crippen LogP contribution in [-0.4, -0.2) is 24.3 Å². The summed E-state index contributed by atoms with van der Waals surface area (Å²) in [6, 6.07) is 19.4. The van der Waals surface area contributed by atoms with Gasteiger partial charge < -0.3 is 10.1 Å². The van der Waals surface area contributed by atoms with E-state index in [0.29, 0.717) is 16.6 Å². The van der Waals surface area contributed by atoms with Crippen LogP contribution >= 0.6 is 35.0 Å². The van der Waals surface area contributed by atoms with E-state index in [-0.39, 0.29) is 5.91 Å². The van der Waals surface area contributed by atoms with Crippen molar-refractivity contribution in [1.82, 2.24) is 5.32 Å². The number of hydrogen-bond donors (Lipinski definition) is 1. The summed E-state index contributed by atoms with van der Waals surface area (Å²) in [5.74, 6) is 2.21. The molecule has 0 saturated heterocycles. The highest BCUT2D eigenvalue weighted by molar-refractivity contribution is 7.98.